The summed E-state index contributed by atoms with van der Waals surface area (Å²) in [6, 6.07) is 4.97. The number of anilines is 2. The summed E-state index contributed by atoms with van der Waals surface area (Å²) in [4.78, 5) is 14.7. The van der Waals surface area contributed by atoms with E-state index in [9.17, 15) is 4.79 Å². The largest absolute Gasteiger partial charge is 0.399 e. The van der Waals surface area contributed by atoms with E-state index in [0.717, 1.165) is 25.4 Å². The summed E-state index contributed by atoms with van der Waals surface area (Å²) in [5, 5.41) is 3.37. The molecule has 116 valence electrons. The predicted molar refractivity (Wildman–Crippen MR) is 88.5 cm³/mol. The maximum Gasteiger partial charge on any atom is 0.241 e. The molecule has 0 bridgehead atoms. The van der Waals surface area contributed by atoms with E-state index < -0.39 is 0 Å². The number of amides is 1. The highest BCUT2D eigenvalue weighted by Gasteiger charge is 2.28. The summed E-state index contributed by atoms with van der Waals surface area (Å²) in [6.07, 6.45) is 3.63. The zero-order chi connectivity index (χ0) is 15.4. The van der Waals surface area contributed by atoms with Gasteiger partial charge in [-0.2, -0.15) is 0 Å². The molecule has 21 heavy (non-hydrogen) atoms. The number of hydrogen-bond donors (Lipinski definition) is 2. The molecular weight excluding hydrogens is 286 g/mol. The van der Waals surface area contributed by atoms with Crippen LogP contribution in [0.15, 0.2) is 18.2 Å². The Labute approximate surface area is 131 Å². The van der Waals surface area contributed by atoms with E-state index in [1.54, 1.807) is 18.2 Å². The molecular formula is C16H24ClN3O. The highest BCUT2D eigenvalue weighted by Crippen LogP contribution is 2.30. The molecule has 1 aliphatic carbocycles. The SMILES string of the molecule is CCCN(CC1CC1)C(C)C(=O)Nc1ccc(N)cc1Cl. The first-order valence-electron chi connectivity index (χ1n) is 7.61. The Morgan fingerprint density at radius 1 is 1.52 bits per heavy atom. The normalized spacial score (nSPS) is 16.0. The first-order valence-corrected chi connectivity index (χ1v) is 7.99. The second-order valence-corrected chi connectivity index (χ2v) is 6.25. The number of halogens is 1. The van der Waals surface area contributed by atoms with Crippen molar-refractivity contribution in [3.8, 4) is 0 Å². The number of nitrogen functional groups attached to an aromatic ring is 1. The molecule has 2 rings (SSSR count). The molecule has 1 fully saturated rings. The molecule has 0 spiro atoms. The summed E-state index contributed by atoms with van der Waals surface area (Å²) in [5.74, 6) is 0.752. The zero-order valence-electron chi connectivity index (χ0n) is 12.7. The minimum absolute atomic E-state index is 0.0178. The standard InChI is InChI=1S/C16H24ClN3O/c1-3-8-20(10-12-4-5-12)11(2)16(21)19-15-7-6-13(18)9-14(15)17/h6-7,9,11-12H,3-5,8,10,18H2,1-2H3,(H,19,21). The third-order valence-corrected chi connectivity index (χ3v) is 4.19. The highest BCUT2D eigenvalue weighted by molar-refractivity contribution is 6.34. The number of nitrogens with two attached hydrogens (primary N) is 1. The van der Waals surface area contributed by atoms with Crippen LogP contribution in [0.5, 0.6) is 0 Å². The highest BCUT2D eigenvalue weighted by atomic mass is 35.5. The van der Waals surface area contributed by atoms with Crippen LogP contribution in [-0.2, 0) is 4.79 Å². The van der Waals surface area contributed by atoms with E-state index in [1.165, 1.54) is 12.8 Å². The molecule has 4 nitrogen and oxygen atoms in total. The van der Waals surface area contributed by atoms with Crippen molar-refractivity contribution < 1.29 is 4.79 Å². The molecule has 0 saturated heterocycles. The Morgan fingerprint density at radius 3 is 2.81 bits per heavy atom. The molecule has 0 radical (unpaired) electrons. The molecule has 0 heterocycles. The molecule has 1 unspecified atom stereocenters. The Balaban J connectivity index is 1.99. The van der Waals surface area contributed by atoms with Gasteiger partial charge < -0.3 is 11.1 Å². The number of hydrogen-bond acceptors (Lipinski definition) is 3. The zero-order valence-corrected chi connectivity index (χ0v) is 13.5. The number of carbonyl (C=O) groups is 1. The summed E-state index contributed by atoms with van der Waals surface area (Å²) in [6.45, 7) is 6.05. The maximum atomic E-state index is 12.4. The maximum absolute atomic E-state index is 12.4. The Morgan fingerprint density at radius 2 is 2.24 bits per heavy atom. The van der Waals surface area contributed by atoms with Crippen molar-refractivity contribution in [2.45, 2.75) is 39.2 Å². The number of nitrogens with one attached hydrogen (secondary N) is 1. The van der Waals surface area contributed by atoms with Gasteiger partial charge in [-0.15, -0.1) is 0 Å². The number of carbonyl (C=O) groups excluding carboxylic acids is 1. The van der Waals surface area contributed by atoms with Crippen molar-refractivity contribution in [1.29, 1.82) is 0 Å². The molecule has 1 saturated carbocycles. The molecule has 1 aromatic rings. The van der Waals surface area contributed by atoms with Crippen LogP contribution in [0.1, 0.15) is 33.1 Å². The lowest BCUT2D eigenvalue weighted by atomic mass is 10.2. The van der Waals surface area contributed by atoms with E-state index in [0.29, 0.717) is 16.4 Å². The van der Waals surface area contributed by atoms with Gasteiger partial charge in [0.15, 0.2) is 0 Å². The van der Waals surface area contributed by atoms with Gasteiger partial charge in [0, 0.05) is 12.2 Å². The molecule has 1 atom stereocenters. The number of benzene rings is 1. The Hall–Kier alpha value is -1.26. The van der Waals surface area contributed by atoms with Gasteiger partial charge in [-0.05, 0) is 56.8 Å². The van der Waals surface area contributed by atoms with E-state index in [2.05, 4.69) is 17.1 Å². The van der Waals surface area contributed by atoms with Crippen LogP contribution in [0, 0.1) is 5.92 Å². The second kappa shape index (κ2) is 7.14. The first-order chi connectivity index (χ1) is 10.0. The van der Waals surface area contributed by atoms with Crippen molar-refractivity contribution in [3.63, 3.8) is 0 Å². The first kappa shape index (κ1) is 16.1. The van der Waals surface area contributed by atoms with Gasteiger partial charge in [0.05, 0.1) is 16.8 Å². The van der Waals surface area contributed by atoms with Gasteiger partial charge in [0.2, 0.25) is 5.91 Å². The van der Waals surface area contributed by atoms with Crippen LogP contribution in [0.25, 0.3) is 0 Å². The van der Waals surface area contributed by atoms with Crippen molar-refractivity contribution in [1.82, 2.24) is 4.90 Å². The quantitative estimate of drug-likeness (QED) is 0.759. The van der Waals surface area contributed by atoms with Gasteiger partial charge in [-0.1, -0.05) is 18.5 Å². The average Bonchev–Trinajstić information content (AvgIpc) is 3.24. The van der Waals surface area contributed by atoms with Crippen LogP contribution in [0.3, 0.4) is 0 Å². The average molecular weight is 310 g/mol. The van der Waals surface area contributed by atoms with Gasteiger partial charge >= 0.3 is 0 Å². The van der Waals surface area contributed by atoms with Gasteiger partial charge in [-0.3, -0.25) is 9.69 Å². The third-order valence-electron chi connectivity index (χ3n) is 3.88. The lowest BCUT2D eigenvalue weighted by Gasteiger charge is -2.28. The van der Waals surface area contributed by atoms with Crippen LogP contribution in [0.2, 0.25) is 5.02 Å². The van der Waals surface area contributed by atoms with Crippen LogP contribution >= 0.6 is 11.6 Å². The van der Waals surface area contributed by atoms with Gasteiger partial charge in [0.25, 0.3) is 0 Å². The second-order valence-electron chi connectivity index (χ2n) is 5.84. The molecule has 1 aliphatic rings. The fourth-order valence-corrected chi connectivity index (χ4v) is 2.63. The number of nitrogens with zero attached hydrogens (tertiary/aromatic N) is 1. The smallest absolute Gasteiger partial charge is 0.241 e. The summed E-state index contributed by atoms with van der Waals surface area (Å²) < 4.78 is 0. The minimum Gasteiger partial charge on any atom is -0.399 e. The summed E-state index contributed by atoms with van der Waals surface area (Å²) in [7, 11) is 0. The molecule has 1 amide bonds. The summed E-state index contributed by atoms with van der Waals surface area (Å²) >= 11 is 6.11. The van der Waals surface area contributed by atoms with Crippen molar-refractivity contribution in [2.75, 3.05) is 24.1 Å². The lowest BCUT2D eigenvalue weighted by molar-refractivity contribution is -0.120. The van der Waals surface area contributed by atoms with Crippen molar-refractivity contribution in [2.24, 2.45) is 5.92 Å². The molecule has 1 aromatic carbocycles. The van der Waals surface area contributed by atoms with Crippen LogP contribution < -0.4 is 11.1 Å². The molecule has 0 aromatic heterocycles. The van der Waals surface area contributed by atoms with Crippen LogP contribution in [-0.4, -0.2) is 29.9 Å². The monoisotopic (exact) mass is 309 g/mol. The fraction of sp³-hybridized carbons (Fsp3) is 0.562. The van der Waals surface area contributed by atoms with E-state index in [-0.39, 0.29) is 11.9 Å². The van der Waals surface area contributed by atoms with Gasteiger partial charge in [-0.25, -0.2) is 0 Å². The summed E-state index contributed by atoms with van der Waals surface area (Å²) in [5.41, 5.74) is 6.87. The lowest BCUT2D eigenvalue weighted by Crippen LogP contribution is -2.43. The minimum atomic E-state index is -0.154. The number of rotatable bonds is 7. The third kappa shape index (κ3) is 4.61. The van der Waals surface area contributed by atoms with Gasteiger partial charge in [0.1, 0.15) is 0 Å². The fourth-order valence-electron chi connectivity index (χ4n) is 2.40. The Kier molecular flexibility index (Phi) is 5.48. The predicted octanol–water partition coefficient (Wildman–Crippen LogP) is 3.37. The van der Waals surface area contributed by atoms with Crippen molar-refractivity contribution in [3.05, 3.63) is 23.2 Å². The molecule has 5 heteroatoms. The van der Waals surface area contributed by atoms with E-state index in [1.807, 2.05) is 6.92 Å². The molecule has 0 aliphatic heterocycles. The van der Waals surface area contributed by atoms with E-state index in [4.69, 9.17) is 17.3 Å². The topological polar surface area (TPSA) is 58.4 Å². The molecule has 3 N–H and O–H groups in total. The Bertz CT molecular complexity index is 502. The van der Waals surface area contributed by atoms with Crippen molar-refractivity contribution >= 4 is 28.9 Å². The van der Waals surface area contributed by atoms with Crippen LogP contribution in [0.4, 0.5) is 11.4 Å². The van der Waals surface area contributed by atoms with E-state index >= 15 is 0 Å².